The highest BCUT2D eigenvalue weighted by Crippen LogP contribution is 2.27. The quantitative estimate of drug-likeness (QED) is 0.248. The van der Waals surface area contributed by atoms with Crippen molar-refractivity contribution in [3.05, 3.63) is 64.5 Å². The molecule has 0 spiro atoms. The monoisotopic (exact) mass is 424 g/mol. The fourth-order valence-corrected chi connectivity index (χ4v) is 3.50. The summed E-state index contributed by atoms with van der Waals surface area (Å²) in [5, 5.41) is 24.0. The van der Waals surface area contributed by atoms with Crippen molar-refractivity contribution in [1.29, 1.82) is 0 Å². The molecule has 2 aromatic carbocycles. The van der Waals surface area contributed by atoms with Gasteiger partial charge < -0.3 is 13.8 Å². The van der Waals surface area contributed by atoms with Crippen molar-refractivity contribution in [2.75, 3.05) is 7.11 Å². The third kappa shape index (κ3) is 4.01. The van der Waals surface area contributed by atoms with Gasteiger partial charge in [-0.25, -0.2) is 0 Å². The number of methoxy groups -OCH3 is 1. The van der Waals surface area contributed by atoms with Crippen molar-refractivity contribution >= 4 is 17.4 Å². The van der Waals surface area contributed by atoms with E-state index >= 15 is 0 Å². The predicted molar refractivity (Wildman–Crippen MR) is 109 cm³/mol. The molecule has 30 heavy (non-hydrogen) atoms. The fraction of sp³-hybridized carbons (Fsp3) is 0.158. The molecule has 0 bridgehead atoms. The summed E-state index contributed by atoms with van der Waals surface area (Å²) in [4.78, 5) is 14.8. The van der Waals surface area contributed by atoms with E-state index in [0.717, 1.165) is 17.1 Å². The Bertz CT molecular complexity index is 1190. The van der Waals surface area contributed by atoms with Crippen LogP contribution in [0.4, 0.5) is 5.69 Å². The molecule has 11 heteroatoms. The molecule has 2 heterocycles. The van der Waals surface area contributed by atoms with Crippen molar-refractivity contribution in [2.24, 2.45) is 7.05 Å². The zero-order valence-electron chi connectivity index (χ0n) is 16.1. The molecule has 0 saturated heterocycles. The normalized spacial score (nSPS) is 10.9. The van der Waals surface area contributed by atoms with Gasteiger partial charge in [-0.2, -0.15) is 4.98 Å². The lowest BCUT2D eigenvalue weighted by molar-refractivity contribution is -0.384. The molecule has 2 aromatic heterocycles. The van der Waals surface area contributed by atoms with Gasteiger partial charge >= 0.3 is 0 Å². The summed E-state index contributed by atoms with van der Waals surface area (Å²) in [5.41, 5.74) is 1.41. The maximum atomic E-state index is 10.9. The van der Waals surface area contributed by atoms with Crippen molar-refractivity contribution in [3.63, 3.8) is 0 Å². The first-order valence-corrected chi connectivity index (χ1v) is 9.77. The van der Waals surface area contributed by atoms with Crippen LogP contribution in [-0.2, 0) is 12.8 Å². The predicted octanol–water partition coefficient (Wildman–Crippen LogP) is 3.74. The van der Waals surface area contributed by atoms with Crippen LogP contribution in [0.5, 0.6) is 5.75 Å². The Morgan fingerprint density at radius 1 is 1.17 bits per heavy atom. The van der Waals surface area contributed by atoms with Gasteiger partial charge in [-0.15, -0.1) is 10.2 Å². The van der Waals surface area contributed by atoms with E-state index in [2.05, 4.69) is 20.3 Å². The van der Waals surface area contributed by atoms with E-state index in [0.29, 0.717) is 28.2 Å². The second-order valence-electron chi connectivity index (χ2n) is 6.20. The molecule has 0 aliphatic carbocycles. The number of thioether (sulfide) groups is 1. The average molecular weight is 424 g/mol. The third-order valence-electron chi connectivity index (χ3n) is 4.29. The molecule has 152 valence electrons. The second-order valence-corrected chi connectivity index (χ2v) is 7.14. The Hall–Kier alpha value is -3.73. The van der Waals surface area contributed by atoms with Crippen LogP contribution in [0.1, 0.15) is 5.89 Å². The number of hydrogen-bond acceptors (Lipinski definition) is 9. The fourth-order valence-electron chi connectivity index (χ4n) is 2.75. The number of aromatic nitrogens is 5. The Morgan fingerprint density at radius 2 is 1.97 bits per heavy atom. The SMILES string of the molecule is COc1ccc(-c2nnc(SCc3nc(-c4cccc([N+](=O)[O-])c4)no3)n2C)cc1. The lowest BCUT2D eigenvalue weighted by atomic mass is 10.2. The first-order valence-electron chi connectivity index (χ1n) is 8.79. The summed E-state index contributed by atoms with van der Waals surface area (Å²) in [5.74, 6) is 2.56. The van der Waals surface area contributed by atoms with Gasteiger partial charge in [-0.1, -0.05) is 29.1 Å². The van der Waals surface area contributed by atoms with Crippen LogP contribution in [0, 0.1) is 10.1 Å². The molecule has 4 aromatic rings. The van der Waals surface area contributed by atoms with Gasteiger partial charge in [0.25, 0.3) is 5.69 Å². The smallest absolute Gasteiger partial charge is 0.270 e. The van der Waals surface area contributed by atoms with Gasteiger partial charge in [-0.3, -0.25) is 10.1 Å². The summed E-state index contributed by atoms with van der Waals surface area (Å²) < 4.78 is 12.3. The van der Waals surface area contributed by atoms with Crippen LogP contribution in [0.3, 0.4) is 0 Å². The zero-order valence-corrected chi connectivity index (χ0v) is 16.9. The van der Waals surface area contributed by atoms with Crippen LogP contribution < -0.4 is 4.74 Å². The molecule has 0 aliphatic rings. The molecule has 0 aliphatic heterocycles. The van der Waals surface area contributed by atoms with Crippen molar-refractivity contribution in [2.45, 2.75) is 10.9 Å². The number of nitro groups is 1. The van der Waals surface area contributed by atoms with Gasteiger partial charge in [0.05, 0.1) is 17.8 Å². The topological polar surface area (TPSA) is 122 Å². The van der Waals surface area contributed by atoms with Gasteiger partial charge in [0.15, 0.2) is 11.0 Å². The molecule has 0 atom stereocenters. The van der Waals surface area contributed by atoms with Gasteiger partial charge in [-0.05, 0) is 24.3 Å². The standard InChI is InChI=1S/C19H16N6O4S/c1-24-18(12-6-8-15(28-2)9-7-12)21-22-19(24)30-11-16-20-17(23-29-16)13-4-3-5-14(10-13)25(26)27/h3-10H,11H2,1-2H3. The van der Waals surface area contributed by atoms with Crippen LogP contribution in [-0.4, -0.2) is 36.9 Å². The highest BCUT2D eigenvalue weighted by Gasteiger charge is 2.15. The lowest BCUT2D eigenvalue weighted by Crippen LogP contribution is -1.95. The van der Waals surface area contributed by atoms with E-state index in [9.17, 15) is 10.1 Å². The number of hydrogen-bond donors (Lipinski definition) is 0. The molecule has 4 rings (SSSR count). The molecule has 0 saturated carbocycles. The number of ether oxygens (including phenoxy) is 1. The van der Waals surface area contributed by atoms with E-state index in [1.54, 1.807) is 19.2 Å². The van der Waals surface area contributed by atoms with Crippen molar-refractivity contribution < 1.29 is 14.2 Å². The first-order chi connectivity index (χ1) is 14.5. The molecule has 10 nitrogen and oxygen atoms in total. The molecule has 0 fully saturated rings. The minimum atomic E-state index is -0.463. The largest absolute Gasteiger partial charge is 0.497 e. The number of non-ortho nitro benzene ring substituents is 1. The maximum absolute atomic E-state index is 10.9. The summed E-state index contributed by atoms with van der Waals surface area (Å²) in [7, 11) is 3.50. The average Bonchev–Trinajstić information content (AvgIpc) is 3.39. The Labute approximate surface area is 175 Å². The lowest BCUT2D eigenvalue weighted by Gasteiger charge is -2.04. The maximum Gasteiger partial charge on any atom is 0.270 e. The minimum Gasteiger partial charge on any atom is -0.497 e. The molecular weight excluding hydrogens is 408 g/mol. The highest BCUT2D eigenvalue weighted by atomic mass is 32.2. The summed E-state index contributed by atoms with van der Waals surface area (Å²) >= 11 is 1.40. The van der Waals surface area contributed by atoms with Gasteiger partial charge in [0.1, 0.15) is 5.75 Å². The first kappa shape index (κ1) is 19.6. The van der Waals surface area contributed by atoms with Crippen molar-refractivity contribution in [1.82, 2.24) is 24.9 Å². The number of rotatable bonds is 7. The highest BCUT2D eigenvalue weighted by molar-refractivity contribution is 7.98. The van der Waals surface area contributed by atoms with Crippen LogP contribution >= 0.6 is 11.8 Å². The Morgan fingerprint density at radius 3 is 2.70 bits per heavy atom. The van der Waals surface area contributed by atoms with E-state index in [1.807, 2.05) is 35.9 Å². The van der Waals surface area contributed by atoms with E-state index in [4.69, 9.17) is 9.26 Å². The summed E-state index contributed by atoms with van der Waals surface area (Å²) in [6.45, 7) is 0. The summed E-state index contributed by atoms with van der Waals surface area (Å²) in [6.07, 6.45) is 0. The Balaban J connectivity index is 1.46. The molecule has 0 N–H and O–H groups in total. The van der Waals surface area contributed by atoms with Crippen LogP contribution in [0.15, 0.2) is 58.2 Å². The zero-order chi connectivity index (χ0) is 21.1. The van der Waals surface area contributed by atoms with E-state index in [-0.39, 0.29) is 5.69 Å². The molecule has 0 amide bonds. The van der Waals surface area contributed by atoms with Gasteiger partial charge in [0, 0.05) is 30.3 Å². The number of nitro benzene ring substituents is 1. The van der Waals surface area contributed by atoms with Crippen LogP contribution in [0.2, 0.25) is 0 Å². The van der Waals surface area contributed by atoms with Crippen LogP contribution in [0.25, 0.3) is 22.8 Å². The van der Waals surface area contributed by atoms with Gasteiger partial charge in [0.2, 0.25) is 11.7 Å². The third-order valence-corrected chi connectivity index (χ3v) is 5.30. The number of nitrogens with zero attached hydrogens (tertiary/aromatic N) is 6. The van der Waals surface area contributed by atoms with E-state index in [1.165, 1.54) is 23.9 Å². The van der Waals surface area contributed by atoms with Crippen molar-refractivity contribution in [3.8, 4) is 28.5 Å². The second kappa shape index (κ2) is 8.33. The molecular formula is C19H16N6O4S. The van der Waals surface area contributed by atoms with E-state index < -0.39 is 4.92 Å². The number of benzene rings is 2. The molecule has 0 radical (unpaired) electrons. The summed E-state index contributed by atoms with van der Waals surface area (Å²) in [6, 6.07) is 13.7. The Kier molecular flexibility index (Phi) is 5.44. The molecule has 0 unspecified atom stereocenters. The minimum absolute atomic E-state index is 0.0293.